The van der Waals surface area contributed by atoms with Crippen molar-refractivity contribution >= 4 is 45.8 Å². The Balaban J connectivity index is 1.53. The number of hydrogen-bond donors (Lipinski definition) is 1. The van der Waals surface area contributed by atoms with E-state index in [1.165, 1.54) is 0 Å². The van der Waals surface area contributed by atoms with Gasteiger partial charge in [0.25, 0.3) is 11.7 Å². The van der Waals surface area contributed by atoms with Gasteiger partial charge in [0.05, 0.1) is 5.56 Å². The smallest absolute Gasteiger partial charge is 0.256 e. The molecule has 0 saturated heterocycles. The number of fused-ring (bicyclic) bond motifs is 1. The van der Waals surface area contributed by atoms with Gasteiger partial charge in [-0.3, -0.25) is 4.79 Å². The molecule has 0 atom stereocenters. The minimum atomic E-state index is -0.490. The van der Waals surface area contributed by atoms with Crippen LogP contribution in [0.2, 0.25) is 5.02 Å². The molecule has 2 aromatic carbocycles. The summed E-state index contributed by atoms with van der Waals surface area (Å²) >= 11 is 8.04. The van der Waals surface area contributed by atoms with Gasteiger partial charge in [-0.15, -0.1) is 0 Å². The van der Waals surface area contributed by atoms with E-state index in [2.05, 4.69) is 27.9 Å². The Hall–Kier alpha value is -1.47. The van der Waals surface area contributed by atoms with Crippen molar-refractivity contribution in [3.8, 4) is 11.5 Å². The maximum absolute atomic E-state index is 12.5. The van der Waals surface area contributed by atoms with Gasteiger partial charge in [0, 0.05) is 33.2 Å². The van der Waals surface area contributed by atoms with Crippen molar-refractivity contribution in [2.24, 2.45) is 0 Å². The van der Waals surface area contributed by atoms with Crippen LogP contribution in [-0.4, -0.2) is 11.7 Å². The number of anilines is 1. The Kier molecular flexibility index (Phi) is 4.08. The number of amides is 1. The molecule has 1 heterocycles. The van der Waals surface area contributed by atoms with Gasteiger partial charge in [-0.05, 0) is 65.8 Å². The molecule has 124 valence electrons. The highest BCUT2D eigenvalue weighted by Crippen LogP contribution is 2.47. The molecule has 4 rings (SSSR count). The quantitative estimate of drug-likeness (QED) is 0.630. The van der Waals surface area contributed by atoms with Crippen LogP contribution in [0.25, 0.3) is 0 Å². The number of hydrogen-bond acceptors (Lipinski definition) is 3. The highest BCUT2D eigenvalue weighted by atomic mass is 127. The summed E-state index contributed by atoms with van der Waals surface area (Å²) in [5.74, 6) is 0.776. The minimum absolute atomic E-state index is 0.175. The zero-order chi connectivity index (χ0) is 16.7. The Morgan fingerprint density at radius 1 is 1.08 bits per heavy atom. The first-order chi connectivity index (χ1) is 11.5. The van der Waals surface area contributed by atoms with Crippen molar-refractivity contribution in [2.45, 2.75) is 31.5 Å². The van der Waals surface area contributed by atoms with Crippen molar-refractivity contribution in [1.82, 2.24) is 0 Å². The number of carbonyl (C=O) groups excluding carboxylic acids is 1. The molecule has 0 bridgehead atoms. The molecule has 0 unspecified atom stereocenters. The molecule has 1 spiro atoms. The molecule has 1 aliphatic heterocycles. The van der Waals surface area contributed by atoms with E-state index in [1.807, 2.05) is 18.2 Å². The maximum atomic E-state index is 12.5. The number of benzene rings is 2. The molecular weight excluding hydrogens is 441 g/mol. The molecule has 1 amide bonds. The third-order valence-electron chi connectivity index (χ3n) is 4.33. The van der Waals surface area contributed by atoms with E-state index < -0.39 is 5.79 Å². The van der Waals surface area contributed by atoms with Crippen molar-refractivity contribution in [1.29, 1.82) is 0 Å². The van der Waals surface area contributed by atoms with E-state index >= 15 is 0 Å². The molecule has 2 aliphatic rings. The predicted molar refractivity (Wildman–Crippen MR) is 101 cm³/mol. The summed E-state index contributed by atoms with van der Waals surface area (Å²) in [6.45, 7) is 0. The average molecular weight is 456 g/mol. The third kappa shape index (κ3) is 2.95. The summed E-state index contributed by atoms with van der Waals surface area (Å²) in [6.07, 6.45) is 4.05. The van der Waals surface area contributed by atoms with Crippen molar-refractivity contribution in [3.05, 3.63) is 50.6 Å². The lowest BCUT2D eigenvalue weighted by molar-refractivity contribution is -0.0716. The second-order valence-corrected chi connectivity index (χ2v) is 7.66. The monoisotopic (exact) mass is 455 g/mol. The minimum Gasteiger partial charge on any atom is -0.448 e. The fourth-order valence-electron chi connectivity index (χ4n) is 3.16. The Morgan fingerprint density at radius 3 is 2.58 bits per heavy atom. The highest BCUT2D eigenvalue weighted by Gasteiger charge is 2.44. The van der Waals surface area contributed by atoms with Crippen LogP contribution < -0.4 is 14.8 Å². The molecule has 1 saturated carbocycles. The average Bonchev–Trinajstić information content (AvgIpc) is 3.13. The van der Waals surface area contributed by atoms with Crippen LogP contribution in [0.3, 0.4) is 0 Å². The number of ether oxygens (including phenoxy) is 2. The van der Waals surface area contributed by atoms with E-state index in [9.17, 15) is 4.79 Å². The first-order valence-electron chi connectivity index (χ1n) is 7.83. The van der Waals surface area contributed by atoms with Gasteiger partial charge in [0.15, 0.2) is 11.5 Å². The van der Waals surface area contributed by atoms with E-state index in [-0.39, 0.29) is 5.91 Å². The zero-order valence-corrected chi connectivity index (χ0v) is 15.7. The summed E-state index contributed by atoms with van der Waals surface area (Å²) < 4.78 is 12.8. The molecule has 0 aromatic heterocycles. The lowest BCUT2D eigenvalue weighted by atomic mass is 10.2. The van der Waals surface area contributed by atoms with Crippen LogP contribution >= 0.6 is 34.2 Å². The Labute approximate surface area is 158 Å². The SMILES string of the molecule is O=C(Nc1ccc2c(c1)OC1(CCCC1)O2)c1ccc(Cl)cc1I. The summed E-state index contributed by atoms with van der Waals surface area (Å²) in [5, 5.41) is 3.52. The Morgan fingerprint density at radius 2 is 1.83 bits per heavy atom. The van der Waals surface area contributed by atoms with Crippen LogP contribution in [0.1, 0.15) is 36.0 Å². The summed E-state index contributed by atoms with van der Waals surface area (Å²) in [5.41, 5.74) is 1.27. The van der Waals surface area contributed by atoms with E-state index in [1.54, 1.807) is 18.2 Å². The molecule has 2 aromatic rings. The molecule has 24 heavy (non-hydrogen) atoms. The fourth-order valence-corrected chi connectivity index (χ4v) is 4.28. The maximum Gasteiger partial charge on any atom is 0.256 e. The molecule has 6 heteroatoms. The zero-order valence-electron chi connectivity index (χ0n) is 12.8. The Bertz CT molecular complexity index is 818. The third-order valence-corrected chi connectivity index (χ3v) is 5.46. The summed E-state index contributed by atoms with van der Waals surface area (Å²) in [4.78, 5) is 12.5. The van der Waals surface area contributed by atoms with Crippen molar-refractivity contribution in [2.75, 3.05) is 5.32 Å². The predicted octanol–water partition coefficient (Wildman–Crippen LogP) is 5.24. The van der Waals surface area contributed by atoms with Crippen molar-refractivity contribution in [3.63, 3.8) is 0 Å². The summed E-state index contributed by atoms with van der Waals surface area (Å²) in [6, 6.07) is 10.7. The van der Waals surface area contributed by atoms with Gasteiger partial charge in [-0.2, -0.15) is 0 Å². The second kappa shape index (κ2) is 6.11. The molecular formula is C18H15ClINO3. The van der Waals surface area contributed by atoms with E-state index in [4.69, 9.17) is 21.1 Å². The lowest BCUT2D eigenvalue weighted by Crippen LogP contribution is -2.34. The summed E-state index contributed by atoms with van der Waals surface area (Å²) in [7, 11) is 0. The van der Waals surface area contributed by atoms with E-state index in [0.717, 1.165) is 35.0 Å². The lowest BCUT2D eigenvalue weighted by Gasteiger charge is -2.21. The molecule has 1 N–H and O–H groups in total. The fraction of sp³-hybridized carbons (Fsp3) is 0.278. The van der Waals surface area contributed by atoms with Gasteiger partial charge in [0.2, 0.25) is 0 Å². The number of rotatable bonds is 2. The molecule has 1 fully saturated rings. The largest absolute Gasteiger partial charge is 0.448 e. The van der Waals surface area contributed by atoms with Gasteiger partial charge in [-0.25, -0.2) is 0 Å². The molecule has 4 nitrogen and oxygen atoms in total. The topological polar surface area (TPSA) is 47.6 Å². The molecule has 0 radical (unpaired) electrons. The van der Waals surface area contributed by atoms with Crippen LogP contribution in [0.4, 0.5) is 5.69 Å². The van der Waals surface area contributed by atoms with Crippen LogP contribution in [0.5, 0.6) is 11.5 Å². The standard InChI is InChI=1S/C18H15ClINO3/c19-11-3-5-13(14(20)9-11)17(22)21-12-4-6-15-16(10-12)24-18(23-15)7-1-2-8-18/h3-6,9-10H,1-2,7-8H2,(H,21,22). The van der Waals surface area contributed by atoms with E-state index in [0.29, 0.717) is 22.0 Å². The number of carbonyl (C=O) groups is 1. The van der Waals surface area contributed by atoms with Crippen LogP contribution in [0.15, 0.2) is 36.4 Å². The second-order valence-electron chi connectivity index (χ2n) is 6.06. The van der Waals surface area contributed by atoms with Gasteiger partial charge in [-0.1, -0.05) is 11.6 Å². The van der Waals surface area contributed by atoms with Gasteiger partial charge < -0.3 is 14.8 Å². The number of nitrogens with one attached hydrogen (secondary N) is 1. The first kappa shape index (κ1) is 16.0. The number of halogens is 2. The van der Waals surface area contributed by atoms with Crippen LogP contribution in [0, 0.1) is 3.57 Å². The van der Waals surface area contributed by atoms with Gasteiger partial charge in [0.1, 0.15) is 0 Å². The van der Waals surface area contributed by atoms with Gasteiger partial charge >= 0.3 is 0 Å². The van der Waals surface area contributed by atoms with Crippen molar-refractivity contribution < 1.29 is 14.3 Å². The highest BCUT2D eigenvalue weighted by molar-refractivity contribution is 14.1. The first-order valence-corrected chi connectivity index (χ1v) is 9.29. The molecule has 1 aliphatic carbocycles. The normalized spacial score (nSPS) is 17.2. The van der Waals surface area contributed by atoms with Crippen LogP contribution in [-0.2, 0) is 0 Å².